The quantitative estimate of drug-likeness (QED) is 0.840. The number of carbonyl (C=O) groups excluding carboxylic acids is 2. The second kappa shape index (κ2) is 4.66. The average molecular weight is 283 g/mol. The fourth-order valence-corrected chi connectivity index (χ4v) is 2.07. The first-order valence-electron chi connectivity index (χ1n) is 5.85. The van der Waals surface area contributed by atoms with Crippen LogP contribution in [0.25, 0.3) is 0 Å². The molecule has 2 atom stereocenters. The van der Waals surface area contributed by atoms with E-state index < -0.39 is 52.5 Å². The highest BCUT2D eigenvalue weighted by atomic mass is 19.2. The van der Waals surface area contributed by atoms with E-state index in [9.17, 15) is 23.2 Å². The molecule has 1 saturated heterocycles. The van der Waals surface area contributed by atoms with Crippen LogP contribution in [0.3, 0.4) is 0 Å². The molecule has 1 aromatic carbocycles. The number of hydrogen-bond acceptors (Lipinski definition) is 3. The van der Waals surface area contributed by atoms with E-state index in [2.05, 4.69) is 0 Å². The van der Waals surface area contributed by atoms with Gasteiger partial charge in [-0.25, -0.2) is 18.5 Å². The topological polar surface area (TPSA) is 74.7 Å². The summed E-state index contributed by atoms with van der Waals surface area (Å²) < 4.78 is 26.4. The monoisotopic (exact) mass is 283 g/mol. The van der Waals surface area contributed by atoms with Crippen LogP contribution in [0.5, 0.6) is 0 Å². The Hall–Kier alpha value is -2.31. The van der Waals surface area contributed by atoms with Crippen LogP contribution in [0.1, 0.15) is 24.2 Å². The van der Waals surface area contributed by atoms with E-state index in [0.29, 0.717) is 17.0 Å². The maximum atomic E-state index is 13.3. The molecule has 1 N–H and O–H groups in total. The van der Waals surface area contributed by atoms with E-state index in [1.807, 2.05) is 0 Å². The van der Waals surface area contributed by atoms with Crippen LogP contribution < -0.4 is 4.90 Å². The number of rotatable bonds is 2. The fraction of sp³-hybridized carbons (Fsp3) is 0.308. The molecule has 0 aliphatic carbocycles. The average Bonchev–Trinajstić information content (AvgIpc) is 2.57. The lowest BCUT2D eigenvalue weighted by atomic mass is 10.00. The smallest absolute Gasteiger partial charge is 0.337 e. The van der Waals surface area contributed by atoms with Crippen molar-refractivity contribution in [3.05, 3.63) is 29.3 Å². The molecule has 2 unspecified atom stereocenters. The molecular weight excluding hydrogens is 272 g/mol. The zero-order valence-corrected chi connectivity index (χ0v) is 10.7. The molecule has 20 heavy (non-hydrogen) atoms. The molecule has 0 spiro atoms. The number of aromatic carboxylic acids is 1. The lowest BCUT2D eigenvalue weighted by molar-refractivity contribution is -0.122. The van der Waals surface area contributed by atoms with Crippen LogP contribution in [-0.2, 0) is 9.59 Å². The Morgan fingerprint density at radius 2 is 1.55 bits per heavy atom. The number of carboxylic acids is 1. The maximum absolute atomic E-state index is 13.3. The van der Waals surface area contributed by atoms with Crippen molar-refractivity contribution in [2.45, 2.75) is 13.8 Å². The summed E-state index contributed by atoms with van der Waals surface area (Å²) in [5, 5.41) is 9.01. The molecule has 0 aromatic heterocycles. The number of benzene rings is 1. The number of nitrogens with zero attached hydrogens (tertiary/aromatic N) is 1. The van der Waals surface area contributed by atoms with Gasteiger partial charge < -0.3 is 5.11 Å². The molecule has 2 rings (SSSR count). The standard InChI is InChI=1S/C13H11F2NO4/c1-5-6(2)12(18)16(11(5)17)10-4-9(15)8(14)3-7(10)13(19)20/h3-6H,1-2H3,(H,19,20). The molecule has 7 heteroatoms. The summed E-state index contributed by atoms with van der Waals surface area (Å²) in [5.74, 6) is -6.77. The van der Waals surface area contributed by atoms with Gasteiger partial charge in [0, 0.05) is 17.9 Å². The van der Waals surface area contributed by atoms with Gasteiger partial charge in [0.1, 0.15) is 0 Å². The third kappa shape index (κ3) is 1.95. The van der Waals surface area contributed by atoms with E-state index in [-0.39, 0.29) is 0 Å². The molecule has 106 valence electrons. The van der Waals surface area contributed by atoms with Crippen LogP contribution in [0.4, 0.5) is 14.5 Å². The van der Waals surface area contributed by atoms with Crippen molar-refractivity contribution in [3.8, 4) is 0 Å². The number of carboxylic acid groups (broad SMARTS) is 1. The van der Waals surface area contributed by atoms with E-state index >= 15 is 0 Å². The van der Waals surface area contributed by atoms with Crippen LogP contribution >= 0.6 is 0 Å². The van der Waals surface area contributed by atoms with Crippen molar-refractivity contribution in [2.24, 2.45) is 11.8 Å². The molecule has 0 saturated carbocycles. The third-order valence-corrected chi connectivity index (χ3v) is 3.48. The van der Waals surface area contributed by atoms with Gasteiger partial charge in [-0.3, -0.25) is 9.59 Å². The number of amides is 2. The minimum Gasteiger partial charge on any atom is -0.478 e. The number of carbonyl (C=O) groups is 3. The normalized spacial score (nSPS) is 22.5. The van der Waals surface area contributed by atoms with Crippen molar-refractivity contribution < 1.29 is 28.3 Å². The van der Waals surface area contributed by atoms with Crippen molar-refractivity contribution in [2.75, 3.05) is 4.90 Å². The van der Waals surface area contributed by atoms with Gasteiger partial charge in [0.2, 0.25) is 11.8 Å². The zero-order chi connectivity index (χ0) is 15.2. The fourth-order valence-electron chi connectivity index (χ4n) is 2.07. The summed E-state index contributed by atoms with van der Waals surface area (Å²) in [6, 6.07) is 1.01. The van der Waals surface area contributed by atoms with Gasteiger partial charge in [-0.15, -0.1) is 0 Å². The predicted octanol–water partition coefficient (Wildman–Crippen LogP) is 1.81. The van der Waals surface area contributed by atoms with E-state index in [1.165, 1.54) is 13.8 Å². The number of anilines is 1. The van der Waals surface area contributed by atoms with Crippen LogP contribution in [-0.4, -0.2) is 22.9 Å². The Morgan fingerprint density at radius 3 is 2.00 bits per heavy atom. The molecule has 0 radical (unpaired) electrons. The zero-order valence-electron chi connectivity index (χ0n) is 10.7. The Morgan fingerprint density at radius 1 is 1.10 bits per heavy atom. The SMILES string of the molecule is CC1C(=O)N(c2cc(F)c(F)cc2C(=O)O)C(=O)C1C. The molecule has 1 aliphatic heterocycles. The van der Waals surface area contributed by atoms with Gasteiger partial charge in [0.25, 0.3) is 0 Å². The maximum Gasteiger partial charge on any atom is 0.337 e. The molecule has 1 aromatic rings. The lowest BCUT2D eigenvalue weighted by Gasteiger charge is -2.17. The molecule has 0 bridgehead atoms. The van der Waals surface area contributed by atoms with Crippen LogP contribution in [0, 0.1) is 23.5 Å². The second-order valence-electron chi connectivity index (χ2n) is 4.68. The Balaban J connectivity index is 2.64. The van der Waals surface area contributed by atoms with Crippen molar-refractivity contribution in [3.63, 3.8) is 0 Å². The number of halogens is 2. The molecule has 1 heterocycles. The van der Waals surface area contributed by atoms with E-state index in [0.717, 1.165) is 0 Å². The van der Waals surface area contributed by atoms with Gasteiger partial charge in [-0.2, -0.15) is 0 Å². The summed E-state index contributed by atoms with van der Waals surface area (Å²) >= 11 is 0. The number of hydrogen-bond donors (Lipinski definition) is 1. The minimum atomic E-state index is -1.55. The largest absolute Gasteiger partial charge is 0.478 e. The molecule has 1 fully saturated rings. The first kappa shape index (κ1) is 14.1. The minimum absolute atomic E-state index is 0.442. The van der Waals surface area contributed by atoms with E-state index in [1.54, 1.807) is 0 Å². The molecule has 5 nitrogen and oxygen atoms in total. The molecule has 1 aliphatic rings. The Bertz CT molecular complexity index is 609. The first-order valence-corrected chi connectivity index (χ1v) is 5.85. The highest BCUT2D eigenvalue weighted by Gasteiger charge is 2.44. The summed E-state index contributed by atoms with van der Waals surface area (Å²) in [4.78, 5) is 35.7. The first-order chi connectivity index (χ1) is 9.25. The lowest BCUT2D eigenvalue weighted by Crippen LogP contribution is -2.32. The van der Waals surface area contributed by atoms with Crippen LogP contribution in [0.2, 0.25) is 0 Å². The van der Waals surface area contributed by atoms with Gasteiger partial charge in [-0.1, -0.05) is 13.8 Å². The number of imide groups is 1. The van der Waals surface area contributed by atoms with Gasteiger partial charge in [-0.05, 0) is 6.07 Å². The summed E-state index contributed by atoms with van der Waals surface area (Å²) in [6.45, 7) is 3.04. The highest BCUT2D eigenvalue weighted by molar-refractivity contribution is 6.23. The van der Waals surface area contributed by atoms with Gasteiger partial charge in [0.15, 0.2) is 11.6 Å². The Kier molecular flexibility index (Phi) is 3.29. The molecule has 2 amide bonds. The second-order valence-corrected chi connectivity index (χ2v) is 4.68. The molecular formula is C13H11F2NO4. The summed E-state index contributed by atoms with van der Waals surface area (Å²) in [6.07, 6.45) is 0. The Labute approximate surface area is 112 Å². The van der Waals surface area contributed by atoms with Crippen molar-refractivity contribution >= 4 is 23.5 Å². The van der Waals surface area contributed by atoms with Crippen molar-refractivity contribution in [1.82, 2.24) is 0 Å². The van der Waals surface area contributed by atoms with Gasteiger partial charge in [0.05, 0.1) is 11.3 Å². The van der Waals surface area contributed by atoms with Crippen molar-refractivity contribution in [1.29, 1.82) is 0 Å². The van der Waals surface area contributed by atoms with Crippen LogP contribution in [0.15, 0.2) is 12.1 Å². The van der Waals surface area contributed by atoms with Gasteiger partial charge >= 0.3 is 5.97 Å². The summed E-state index contributed by atoms with van der Waals surface area (Å²) in [5.41, 5.74) is -1.07. The summed E-state index contributed by atoms with van der Waals surface area (Å²) in [7, 11) is 0. The third-order valence-electron chi connectivity index (χ3n) is 3.48. The predicted molar refractivity (Wildman–Crippen MR) is 64.1 cm³/mol. The highest BCUT2D eigenvalue weighted by Crippen LogP contribution is 2.33. The van der Waals surface area contributed by atoms with E-state index in [4.69, 9.17) is 5.11 Å².